The molecule has 1 atom stereocenters. The Hall–Kier alpha value is -4.72. The van der Waals surface area contributed by atoms with Gasteiger partial charge in [-0.2, -0.15) is 13.2 Å². The Morgan fingerprint density at radius 2 is 1.63 bits per heavy atom. The summed E-state index contributed by atoms with van der Waals surface area (Å²) in [6, 6.07) is 14.7. The van der Waals surface area contributed by atoms with Crippen LogP contribution in [0.5, 0.6) is 17.2 Å². The molecular weight excluding hydrogens is 567 g/mol. The lowest BCUT2D eigenvalue weighted by atomic mass is 10.1. The Balaban J connectivity index is 1.38. The van der Waals surface area contributed by atoms with Gasteiger partial charge in [0.2, 0.25) is 5.91 Å². The molecule has 0 spiro atoms. The Labute approximate surface area is 235 Å². The first kappa shape index (κ1) is 29.3. The lowest BCUT2D eigenvalue weighted by Gasteiger charge is -2.19. The first-order valence-corrected chi connectivity index (χ1v) is 12.8. The Morgan fingerprint density at radius 3 is 2.22 bits per heavy atom. The summed E-state index contributed by atoms with van der Waals surface area (Å²) < 4.78 is 49.5. The van der Waals surface area contributed by atoms with Gasteiger partial charge in [-0.3, -0.25) is 24.6 Å². The van der Waals surface area contributed by atoms with Crippen LogP contribution in [-0.4, -0.2) is 47.2 Å². The Bertz CT molecular complexity index is 1460. The van der Waals surface area contributed by atoms with Crippen molar-refractivity contribution in [3.05, 3.63) is 77.9 Å². The van der Waals surface area contributed by atoms with E-state index in [1.807, 2.05) is 0 Å². The number of rotatable bonds is 9. The zero-order chi connectivity index (χ0) is 29.7. The van der Waals surface area contributed by atoms with Gasteiger partial charge >= 0.3 is 12.3 Å². The van der Waals surface area contributed by atoms with Crippen LogP contribution < -0.4 is 25.0 Å². The summed E-state index contributed by atoms with van der Waals surface area (Å²) >= 11 is 0.926. The number of nitrogens with one attached hydrogen (secondary N) is 2. The highest BCUT2D eigenvalue weighted by Gasteiger charge is 2.31. The van der Waals surface area contributed by atoms with Crippen LogP contribution in [-0.2, 0) is 22.2 Å². The molecule has 41 heavy (non-hydrogen) atoms. The van der Waals surface area contributed by atoms with E-state index in [4.69, 9.17) is 9.47 Å². The SMILES string of the molecule is CN(C(=O)O)c1cc(Oc2ccc(C(F)(F)F)cc2)ccc1NC(=O)COc1ccc(CC2SC(=O)NC2=O)cc1. The predicted octanol–water partition coefficient (Wildman–Crippen LogP) is 5.52. The van der Waals surface area contributed by atoms with E-state index >= 15 is 0 Å². The van der Waals surface area contributed by atoms with Crippen molar-refractivity contribution >= 4 is 46.3 Å². The summed E-state index contributed by atoms with van der Waals surface area (Å²) in [6.45, 7) is -0.408. The number of hydrogen-bond acceptors (Lipinski definition) is 7. The van der Waals surface area contributed by atoms with Crippen LogP contribution >= 0.6 is 11.8 Å². The van der Waals surface area contributed by atoms with Crippen LogP contribution in [0.25, 0.3) is 0 Å². The molecule has 1 saturated heterocycles. The fourth-order valence-corrected chi connectivity index (χ4v) is 4.57. The predicted molar refractivity (Wildman–Crippen MR) is 144 cm³/mol. The molecule has 14 heteroatoms. The van der Waals surface area contributed by atoms with Crippen LogP contribution in [0.3, 0.4) is 0 Å². The molecular formula is C27H22F3N3O7S. The topological polar surface area (TPSA) is 134 Å². The minimum absolute atomic E-state index is 0.0481. The molecule has 1 fully saturated rings. The molecule has 3 aromatic carbocycles. The van der Waals surface area contributed by atoms with E-state index in [0.29, 0.717) is 12.2 Å². The van der Waals surface area contributed by atoms with E-state index < -0.39 is 35.6 Å². The fourth-order valence-electron chi connectivity index (χ4n) is 3.71. The molecule has 1 aliphatic rings. The molecule has 0 saturated carbocycles. The quantitative estimate of drug-likeness (QED) is 0.297. The number of hydrogen-bond donors (Lipinski definition) is 3. The standard InChI is InChI=1S/C27H22F3N3O7S/c1-33(26(37)38)21-13-19(40-18-8-4-16(5-9-18)27(28,29)30)10-11-20(21)31-23(34)14-39-17-6-2-15(3-7-17)12-22-24(35)32-25(36)41-22/h2-11,13,22H,12,14H2,1H3,(H,31,34)(H,37,38)(H,32,35,36). The summed E-state index contributed by atoms with van der Waals surface area (Å²) in [5.41, 5.74) is 0.124. The third kappa shape index (κ3) is 7.69. The second-order valence-electron chi connectivity index (χ2n) is 8.71. The Kier molecular flexibility index (Phi) is 8.71. The largest absolute Gasteiger partial charge is 0.484 e. The summed E-state index contributed by atoms with van der Waals surface area (Å²) in [5.74, 6) is -0.351. The monoisotopic (exact) mass is 589 g/mol. The molecule has 0 aliphatic carbocycles. The highest BCUT2D eigenvalue weighted by atomic mass is 32.2. The van der Waals surface area contributed by atoms with E-state index in [0.717, 1.165) is 46.5 Å². The zero-order valence-electron chi connectivity index (χ0n) is 21.2. The second-order valence-corrected chi connectivity index (χ2v) is 9.89. The molecule has 1 heterocycles. The van der Waals surface area contributed by atoms with Gasteiger partial charge in [-0.1, -0.05) is 23.9 Å². The van der Waals surface area contributed by atoms with Gasteiger partial charge in [-0.25, -0.2) is 4.79 Å². The lowest BCUT2D eigenvalue weighted by molar-refractivity contribution is -0.137. The number of carbonyl (C=O) groups is 4. The highest BCUT2D eigenvalue weighted by Crippen LogP contribution is 2.34. The number of ether oxygens (including phenoxy) is 2. The van der Waals surface area contributed by atoms with Crippen LogP contribution in [0.15, 0.2) is 66.7 Å². The third-order valence-corrected chi connectivity index (χ3v) is 6.77. The van der Waals surface area contributed by atoms with E-state index in [-0.39, 0.29) is 34.0 Å². The number of carbonyl (C=O) groups excluding carboxylic acids is 3. The van der Waals surface area contributed by atoms with Gasteiger partial charge in [0.1, 0.15) is 17.2 Å². The third-order valence-electron chi connectivity index (χ3n) is 5.79. The number of nitrogens with zero attached hydrogens (tertiary/aromatic N) is 1. The van der Waals surface area contributed by atoms with Crippen molar-refractivity contribution < 1.29 is 46.9 Å². The van der Waals surface area contributed by atoms with Crippen LogP contribution in [0.4, 0.5) is 34.1 Å². The summed E-state index contributed by atoms with van der Waals surface area (Å²) in [6.07, 6.45) is -5.48. The van der Waals surface area contributed by atoms with Gasteiger partial charge in [0.05, 0.1) is 22.2 Å². The number of alkyl halides is 3. The fraction of sp³-hybridized carbons (Fsp3) is 0.185. The van der Waals surface area contributed by atoms with Crippen molar-refractivity contribution in [3.63, 3.8) is 0 Å². The number of benzene rings is 3. The van der Waals surface area contributed by atoms with Crippen molar-refractivity contribution in [2.45, 2.75) is 17.8 Å². The molecule has 0 radical (unpaired) electrons. The minimum Gasteiger partial charge on any atom is -0.484 e. The summed E-state index contributed by atoms with van der Waals surface area (Å²) in [4.78, 5) is 48.1. The second kappa shape index (κ2) is 12.2. The van der Waals surface area contributed by atoms with Crippen molar-refractivity contribution in [1.29, 1.82) is 0 Å². The molecule has 4 rings (SSSR count). The molecule has 0 aromatic heterocycles. The van der Waals surface area contributed by atoms with E-state index in [1.165, 1.54) is 25.2 Å². The van der Waals surface area contributed by atoms with Crippen molar-refractivity contribution in [2.75, 3.05) is 23.9 Å². The maximum atomic E-state index is 12.8. The minimum atomic E-state index is -4.50. The molecule has 10 nitrogen and oxygen atoms in total. The lowest BCUT2D eigenvalue weighted by Crippen LogP contribution is -2.27. The smallest absolute Gasteiger partial charge is 0.416 e. The average molecular weight is 590 g/mol. The molecule has 214 valence electrons. The molecule has 4 amide bonds. The first-order chi connectivity index (χ1) is 19.4. The zero-order valence-corrected chi connectivity index (χ0v) is 22.0. The van der Waals surface area contributed by atoms with Gasteiger partial charge < -0.3 is 19.9 Å². The van der Waals surface area contributed by atoms with E-state index in [1.54, 1.807) is 24.3 Å². The van der Waals surface area contributed by atoms with Gasteiger partial charge in [-0.05, 0) is 60.5 Å². The van der Waals surface area contributed by atoms with Gasteiger partial charge in [0.25, 0.3) is 11.1 Å². The maximum Gasteiger partial charge on any atom is 0.416 e. The molecule has 1 aliphatic heterocycles. The molecule has 0 bridgehead atoms. The normalized spacial score (nSPS) is 14.8. The maximum absolute atomic E-state index is 12.8. The van der Waals surface area contributed by atoms with Crippen molar-refractivity contribution in [3.8, 4) is 17.2 Å². The number of anilines is 2. The van der Waals surface area contributed by atoms with Crippen LogP contribution in [0.1, 0.15) is 11.1 Å². The molecule has 3 N–H and O–H groups in total. The van der Waals surface area contributed by atoms with Crippen molar-refractivity contribution in [1.82, 2.24) is 5.32 Å². The van der Waals surface area contributed by atoms with Gasteiger partial charge in [-0.15, -0.1) is 0 Å². The number of carboxylic acid groups (broad SMARTS) is 1. The molecule has 3 aromatic rings. The Morgan fingerprint density at radius 1 is 1.00 bits per heavy atom. The first-order valence-electron chi connectivity index (χ1n) is 11.9. The van der Waals surface area contributed by atoms with Gasteiger partial charge in [0.15, 0.2) is 6.61 Å². The average Bonchev–Trinajstić information content (AvgIpc) is 3.24. The van der Waals surface area contributed by atoms with Gasteiger partial charge in [0, 0.05) is 13.1 Å². The van der Waals surface area contributed by atoms with Crippen molar-refractivity contribution in [2.24, 2.45) is 0 Å². The summed E-state index contributed by atoms with van der Waals surface area (Å²) in [5, 5.41) is 13.4. The van der Waals surface area contributed by atoms with Crippen LogP contribution in [0, 0.1) is 0 Å². The van der Waals surface area contributed by atoms with E-state index in [2.05, 4.69) is 10.6 Å². The number of halogens is 3. The van der Waals surface area contributed by atoms with E-state index in [9.17, 15) is 37.5 Å². The van der Waals surface area contributed by atoms with Crippen LogP contribution in [0.2, 0.25) is 0 Å². The summed E-state index contributed by atoms with van der Waals surface area (Å²) in [7, 11) is 1.25. The number of imide groups is 1. The molecule has 1 unspecified atom stereocenters. The number of thioether (sulfide) groups is 1. The number of amides is 4. The highest BCUT2D eigenvalue weighted by molar-refractivity contribution is 8.15.